The van der Waals surface area contributed by atoms with Crippen LogP contribution in [0.2, 0.25) is 0 Å². The minimum Gasteiger partial charge on any atom is -0.383 e. The van der Waals surface area contributed by atoms with Crippen LogP contribution in [0.4, 0.5) is 5.69 Å². The molecule has 0 radical (unpaired) electrons. The maximum absolute atomic E-state index is 3.60. The van der Waals surface area contributed by atoms with Gasteiger partial charge in [0.05, 0.1) is 5.69 Å². The normalized spacial score (nSPS) is 10.6. The van der Waals surface area contributed by atoms with E-state index in [2.05, 4.69) is 63.2 Å². The average molecular weight is 363 g/mol. The van der Waals surface area contributed by atoms with E-state index >= 15 is 0 Å². The van der Waals surface area contributed by atoms with Gasteiger partial charge in [-0.25, -0.2) is 0 Å². The summed E-state index contributed by atoms with van der Waals surface area (Å²) in [6, 6.07) is 4.29. The van der Waals surface area contributed by atoms with Gasteiger partial charge in [0.1, 0.15) is 0 Å². The topological polar surface area (TPSA) is 12.0 Å². The number of benzene rings is 1. The van der Waals surface area contributed by atoms with E-state index in [1.807, 2.05) is 0 Å². The number of rotatable bonds is 7. The number of unbranched alkanes of at least 4 members (excludes halogenated alkanes) is 4. The van der Waals surface area contributed by atoms with Crippen LogP contribution in [0.1, 0.15) is 44.6 Å². The molecule has 0 aromatic heterocycles. The zero-order valence-electron chi connectivity index (χ0n) is 10.7. The Labute approximate surface area is 122 Å². The Balaban J connectivity index is 2.36. The number of hydrogen-bond donors (Lipinski definition) is 1. The molecule has 1 nitrogen and oxygen atoms in total. The lowest BCUT2D eigenvalue weighted by Gasteiger charge is -2.11. The van der Waals surface area contributed by atoms with Crippen molar-refractivity contribution >= 4 is 37.5 Å². The van der Waals surface area contributed by atoms with Gasteiger partial charge in [0.15, 0.2) is 0 Å². The molecule has 1 N–H and O–H groups in total. The van der Waals surface area contributed by atoms with Gasteiger partial charge in [-0.1, -0.05) is 32.6 Å². The van der Waals surface area contributed by atoms with Gasteiger partial charge in [0, 0.05) is 15.5 Å². The van der Waals surface area contributed by atoms with Gasteiger partial charge in [0.25, 0.3) is 0 Å². The first kappa shape index (κ1) is 15.0. The van der Waals surface area contributed by atoms with Crippen molar-refractivity contribution in [3.63, 3.8) is 0 Å². The molecular formula is C14H21Br2N. The third kappa shape index (κ3) is 5.43. The molecule has 0 amide bonds. The van der Waals surface area contributed by atoms with Crippen molar-refractivity contribution in [3.8, 4) is 0 Å². The van der Waals surface area contributed by atoms with Crippen molar-refractivity contribution in [2.75, 3.05) is 11.9 Å². The van der Waals surface area contributed by atoms with Gasteiger partial charge in [-0.05, 0) is 62.9 Å². The van der Waals surface area contributed by atoms with Gasteiger partial charge >= 0.3 is 0 Å². The maximum Gasteiger partial charge on any atom is 0.0629 e. The van der Waals surface area contributed by atoms with Crippen molar-refractivity contribution < 1.29 is 0 Å². The molecule has 1 rings (SSSR count). The summed E-state index contributed by atoms with van der Waals surface area (Å²) in [5.74, 6) is 0. The van der Waals surface area contributed by atoms with Crippen molar-refractivity contribution in [3.05, 3.63) is 26.6 Å². The van der Waals surface area contributed by atoms with Crippen molar-refractivity contribution in [2.45, 2.75) is 46.0 Å². The van der Waals surface area contributed by atoms with Crippen LogP contribution in [0, 0.1) is 6.92 Å². The molecule has 17 heavy (non-hydrogen) atoms. The lowest BCUT2D eigenvalue weighted by molar-refractivity contribution is 0.645. The largest absolute Gasteiger partial charge is 0.383 e. The molecule has 96 valence electrons. The first-order valence-corrected chi connectivity index (χ1v) is 7.93. The van der Waals surface area contributed by atoms with Crippen molar-refractivity contribution in [1.29, 1.82) is 0 Å². The fourth-order valence-electron chi connectivity index (χ4n) is 1.81. The molecule has 0 aliphatic rings. The third-order valence-corrected chi connectivity index (χ3v) is 4.02. The van der Waals surface area contributed by atoms with Crippen LogP contribution < -0.4 is 5.32 Å². The number of aryl methyl sites for hydroxylation is 1. The summed E-state index contributed by atoms with van der Waals surface area (Å²) in [6.07, 6.45) is 6.59. The van der Waals surface area contributed by atoms with E-state index in [1.165, 1.54) is 43.4 Å². The molecule has 1 aromatic rings. The van der Waals surface area contributed by atoms with Crippen molar-refractivity contribution in [1.82, 2.24) is 0 Å². The highest BCUT2D eigenvalue weighted by Gasteiger charge is 2.05. The predicted octanol–water partition coefficient (Wildman–Crippen LogP) is 5.90. The molecule has 0 unspecified atom stereocenters. The van der Waals surface area contributed by atoms with E-state index in [0.29, 0.717) is 0 Å². The van der Waals surface area contributed by atoms with E-state index < -0.39 is 0 Å². The SMILES string of the molecule is CCCCCCCNc1c(Br)cc(C)cc1Br. The molecule has 0 aliphatic heterocycles. The lowest BCUT2D eigenvalue weighted by atomic mass is 10.1. The second-order valence-electron chi connectivity index (χ2n) is 4.44. The van der Waals surface area contributed by atoms with E-state index in [1.54, 1.807) is 0 Å². The highest BCUT2D eigenvalue weighted by molar-refractivity contribution is 9.11. The summed E-state index contributed by atoms with van der Waals surface area (Å²) in [7, 11) is 0. The monoisotopic (exact) mass is 361 g/mol. The van der Waals surface area contributed by atoms with Crippen LogP contribution in [0.3, 0.4) is 0 Å². The molecule has 1 aromatic carbocycles. The van der Waals surface area contributed by atoms with Crippen LogP contribution in [-0.2, 0) is 0 Å². The number of hydrogen-bond acceptors (Lipinski definition) is 1. The Morgan fingerprint density at radius 2 is 1.59 bits per heavy atom. The first-order chi connectivity index (χ1) is 8.15. The predicted molar refractivity (Wildman–Crippen MR) is 83.8 cm³/mol. The second kappa shape index (κ2) is 8.15. The molecule has 0 fully saturated rings. The highest BCUT2D eigenvalue weighted by atomic mass is 79.9. The van der Waals surface area contributed by atoms with E-state index in [9.17, 15) is 0 Å². The molecule has 0 aliphatic carbocycles. The molecule has 0 saturated carbocycles. The summed E-state index contributed by atoms with van der Waals surface area (Å²) in [6.45, 7) is 5.40. The molecule has 0 bridgehead atoms. The molecule has 0 atom stereocenters. The summed E-state index contributed by atoms with van der Waals surface area (Å²) >= 11 is 7.20. The molecule has 3 heteroatoms. The zero-order chi connectivity index (χ0) is 12.7. The highest BCUT2D eigenvalue weighted by Crippen LogP contribution is 2.32. The fraction of sp³-hybridized carbons (Fsp3) is 0.571. The Bertz CT molecular complexity index is 327. The van der Waals surface area contributed by atoms with Crippen LogP contribution >= 0.6 is 31.9 Å². The van der Waals surface area contributed by atoms with Crippen LogP contribution in [0.5, 0.6) is 0 Å². The fourth-order valence-corrected chi connectivity index (χ4v) is 3.51. The first-order valence-electron chi connectivity index (χ1n) is 6.34. The zero-order valence-corrected chi connectivity index (χ0v) is 13.8. The van der Waals surface area contributed by atoms with Crippen LogP contribution in [0.25, 0.3) is 0 Å². The second-order valence-corrected chi connectivity index (χ2v) is 6.15. The Morgan fingerprint density at radius 3 is 2.18 bits per heavy atom. The molecule has 0 heterocycles. The molecule has 0 spiro atoms. The Kier molecular flexibility index (Phi) is 7.21. The van der Waals surface area contributed by atoms with Gasteiger partial charge < -0.3 is 5.32 Å². The van der Waals surface area contributed by atoms with Crippen LogP contribution in [0.15, 0.2) is 21.1 Å². The Morgan fingerprint density at radius 1 is 1.00 bits per heavy atom. The smallest absolute Gasteiger partial charge is 0.0629 e. The quantitative estimate of drug-likeness (QED) is 0.595. The number of anilines is 1. The lowest BCUT2D eigenvalue weighted by Crippen LogP contribution is -2.03. The summed E-state index contributed by atoms with van der Waals surface area (Å²) in [5, 5.41) is 3.49. The average Bonchev–Trinajstić information content (AvgIpc) is 2.26. The number of halogens is 2. The van der Waals surface area contributed by atoms with Gasteiger partial charge in [0.2, 0.25) is 0 Å². The van der Waals surface area contributed by atoms with Crippen LogP contribution in [-0.4, -0.2) is 6.54 Å². The van der Waals surface area contributed by atoms with E-state index in [4.69, 9.17) is 0 Å². The van der Waals surface area contributed by atoms with Gasteiger partial charge in [-0.2, -0.15) is 0 Å². The summed E-state index contributed by atoms with van der Waals surface area (Å²) < 4.78 is 2.27. The third-order valence-electron chi connectivity index (χ3n) is 2.77. The molecular weight excluding hydrogens is 342 g/mol. The van der Waals surface area contributed by atoms with Gasteiger partial charge in [-0.15, -0.1) is 0 Å². The number of nitrogens with one attached hydrogen (secondary N) is 1. The summed E-state index contributed by atoms with van der Waals surface area (Å²) in [5.41, 5.74) is 2.43. The minimum atomic E-state index is 1.05. The van der Waals surface area contributed by atoms with Crippen molar-refractivity contribution in [2.24, 2.45) is 0 Å². The van der Waals surface area contributed by atoms with Gasteiger partial charge in [-0.3, -0.25) is 0 Å². The maximum atomic E-state index is 3.60. The molecule has 0 saturated heterocycles. The summed E-state index contributed by atoms with van der Waals surface area (Å²) in [4.78, 5) is 0. The standard InChI is InChI=1S/C14H21Br2N/c1-3-4-5-6-7-8-17-14-12(15)9-11(2)10-13(14)16/h9-10,17H,3-8H2,1-2H3. The van der Waals surface area contributed by atoms with E-state index in [-0.39, 0.29) is 0 Å². The minimum absolute atomic E-state index is 1.05. The van der Waals surface area contributed by atoms with E-state index in [0.717, 1.165) is 15.5 Å². The Hall–Kier alpha value is -0.0200.